The lowest BCUT2D eigenvalue weighted by molar-refractivity contribution is 0.190. The molecule has 1 aromatic rings. The first-order valence-electron chi connectivity index (χ1n) is 6.51. The quantitative estimate of drug-likeness (QED) is 0.782. The molecular formula is C14H20Cl2N2. The molecule has 1 aromatic carbocycles. The van der Waals surface area contributed by atoms with Crippen LogP contribution in [0, 0.1) is 0 Å². The average molecular weight is 287 g/mol. The minimum atomic E-state index is 0.570. The summed E-state index contributed by atoms with van der Waals surface area (Å²) < 4.78 is 0. The lowest BCUT2D eigenvalue weighted by Gasteiger charge is -2.41. The summed E-state index contributed by atoms with van der Waals surface area (Å²) in [4.78, 5) is 4.93. The van der Waals surface area contributed by atoms with E-state index in [1.165, 1.54) is 5.69 Å². The fourth-order valence-electron chi connectivity index (χ4n) is 2.50. The third-order valence-corrected chi connectivity index (χ3v) is 4.02. The Hall–Kier alpha value is -0.440. The molecule has 0 saturated carbocycles. The highest BCUT2D eigenvalue weighted by molar-refractivity contribution is 6.30. The summed E-state index contributed by atoms with van der Waals surface area (Å²) in [7, 11) is 0. The first kappa shape index (κ1) is 14.0. The van der Waals surface area contributed by atoms with Gasteiger partial charge in [-0.1, -0.05) is 17.7 Å². The second kappa shape index (κ2) is 6.65. The van der Waals surface area contributed by atoms with Crippen molar-refractivity contribution in [3.05, 3.63) is 29.3 Å². The van der Waals surface area contributed by atoms with Crippen molar-refractivity contribution in [2.75, 3.05) is 37.0 Å². The lowest BCUT2D eigenvalue weighted by Crippen LogP contribution is -2.52. The highest BCUT2D eigenvalue weighted by atomic mass is 35.5. The number of rotatable bonds is 4. The van der Waals surface area contributed by atoms with Crippen LogP contribution in [0.4, 0.5) is 5.69 Å². The number of piperazine rings is 1. The number of hydrogen-bond acceptors (Lipinski definition) is 2. The van der Waals surface area contributed by atoms with Crippen LogP contribution in [0.1, 0.15) is 13.3 Å². The molecule has 18 heavy (non-hydrogen) atoms. The molecule has 0 bridgehead atoms. The lowest BCUT2D eigenvalue weighted by atomic mass is 10.1. The monoisotopic (exact) mass is 286 g/mol. The van der Waals surface area contributed by atoms with Crippen molar-refractivity contribution in [2.24, 2.45) is 0 Å². The van der Waals surface area contributed by atoms with Crippen LogP contribution in [-0.4, -0.2) is 43.0 Å². The van der Waals surface area contributed by atoms with Gasteiger partial charge in [0.2, 0.25) is 0 Å². The van der Waals surface area contributed by atoms with Gasteiger partial charge < -0.3 is 4.90 Å². The average Bonchev–Trinajstić information content (AvgIpc) is 2.37. The van der Waals surface area contributed by atoms with Crippen LogP contribution < -0.4 is 4.90 Å². The van der Waals surface area contributed by atoms with E-state index in [4.69, 9.17) is 23.2 Å². The standard InChI is InChI=1S/C14H20Cl2N2/c1-12-11-18(9-8-17(12)7-3-6-15)14-5-2-4-13(16)10-14/h2,4-5,10,12H,3,6-9,11H2,1H3. The number of hydrogen-bond donors (Lipinski definition) is 0. The Bertz CT molecular complexity index is 384. The van der Waals surface area contributed by atoms with E-state index in [2.05, 4.69) is 22.8 Å². The van der Waals surface area contributed by atoms with E-state index >= 15 is 0 Å². The minimum Gasteiger partial charge on any atom is -0.369 e. The van der Waals surface area contributed by atoms with Crippen LogP contribution in [0.15, 0.2) is 24.3 Å². The van der Waals surface area contributed by atoms with Gasteiger partial charge in [0.15, 0.2) is 0 Å². The van der Waals surface area contributed by atoms with Gasteiger partial charge in [0.25, 0.3) is 0 Å². The summed E-state index contributed by atoms with van der Waals surface area (Å²) in [5, 5.41) is 0.810. The highest BCUT2D eigenvalue weighted by Gasteiger charge is 2.23. The molecule has 1 heterocycles. The molecule has 0 aromatic heterocycles. The normalized spacial score (nSPS) is 21.3. The van der Waals surface area contributed by atoms with Crippen molar-refractivity contribution in [1.82, 2.24) is 4.90 Å². The summed E-state index contributed by atoms with van der Waals surface area (Å²) in [6.45, 7) is 6.61. The summed E-state index contributed by atoms with van der Waals surface area (Å²) in [5.41, 5.74) is 1.23. The zero-order chi connectivity index (χ0) is 13.0. The van der Waals surface area contributed by atoms with E-state index in [1.807, 2.05) is 18.2 Å². The Morgan fingerprint density at radius 2 is 2.17 bits per heavy atom. The second-order valence-corrected chi connectivity index (χ2v) is 5.67. The molecule has 2 rings (SSSR count). The Morgan fingerprint density at radius 1 is 1.33 bits per heavy atom. The van der Waals surface area contributed by atoms with Crippen molar-refractivity contribution >= 4 is 28.9 Å². The molecule has 1 aliphatic rings. The van der Waals surface area contributed by atoms with E-state index in [0.717, 1.165) is 43.5 Å². The number of benzene rings is 1. The number of nitrogens with zero attached hydrogens (tertiary/aromatic N) is 2. The molecule has 1 atom stereocenters. The highest BCUT2D eigenvalue weighted by Crippen LogP contribution is 2.22. The minimum absolute atomic E-state index is 0.570. The third-order valence-electron chi connectivity index (χ3n) is 3.52. The topological polar surface area (TPSA) is 6.48 Å². The molecule has 0 radical (unpaired) electrons. The fraction of sp³-hybridized carbons (Fsp3) is 0.571. The van der Waals surface area contributed by atoms with Crippen LogP contribution in [0.25, 0.3) is 0 Å². The number of alkyl halides is 1. The van der Waals surface area contributed by atoms with Gasteiger partial charge in [-0.2, -0.15) is 0 Å². The molecule has 1 saturated heterocycles. The summed E-state index contributed by atoms with van der Waals surface area (Å²) in [6.07, 6.45) is 1.07. The molecule has 0 N–H and O–H groups in total. The third kappa shape index (κ3) is 3.53. The number of anilines is 1. The first-order chi connectivity index (χ1) is 8.70. The second-order valence-electron chi connectivity index (χ2n) is 4.85. The first-order valence-corrected chi connectivity index (χ1v) is 7.42. The van der Waals surface area contributed by atoms with Gasteiger partial charge in [-0.05, 0) is 38.1 Å². The number of halogens is 2. The summed E-state index contributed by atoms with van der Waals surface area (Å²) in [6, 6.07) is 8.68. The largest absolute Gasteiger partial charge is 0.369 e. The smallest absolute Gasteiger partial charge is 0.0426 e. The van der Waals surface area contributed by atoms with E-state index in [-0.39, 0.29) is 0 Å². The molecule has 2 nitrogen and oxygen atoms in total. The van der Waals surface area contributed by atoms with Crippen molar-refractivity contribution in [2.45, 2.75) is 19.4 Å². The zero-order valence-electron chi connectivity index (χ0n) is 10.8. The van der Waals surface area contributed by atoms with Crippen molar-refractivity contribution in [1.29, 1.82) is 0 Å². The van der Waals surface area contributed by atoms with Crippen LogP contribution in [0.5, 0.6) is 0 Å². The Morgan fingerprint density at radius 3 is 2.83 bits per heavy atom. The maximum atomic E-state index is 6.05. The van der Waals surface area contributed by atoms with Crippen LogP contribution in [0.3, 0.4) is 0 Å². The fourth-order valence-corrected chi connectivity index (χ4v) is 2.80. The van der Waals surface area contributed by atoms with Gasteiger partial charge in [-0.15, -0.1) is 11.6 Å². The molecule has 1 unspecified atom stereocenters. The predicted molar refractivity (Wildman–Crippen MR) is 80.0 cm³/mol. The molecule has 0 aliphatic carbocycles. The van der Waals surface area contributed by atoms with Crippen molar-refractivity contribution in [3.63, 3.8) is 0 Å². The molecule has 100 valence electrons. The molecule has 0 spiro atoms. The molecule has 1 aliphatic heterocycles. The van der Waals surface area contributed by atoms with E-state index in [9.17, 15) is 0 Å². The van der Waals surface area contributed by atoms with Crippen molar-refractivity contribution in [3.8, 4) is 0 Å². The van der Waals surface area contributed by atoms with Gasteiger partial charge in [-0.3, -0.25) is 4.90 Å². The molecule has 0 amide bonds. The van der Waals surface area contributed by atoms with Gasteiger partial charge in [0.05, 0.1) is 0 Å². The Balaban J connectivity index is 1.95. The predicted octanol–water partition coefficient (Wildman–Crippen LogP) is 3.48. The van der Waals surface area contributed by atoms with E-state index in [1.54, 1.807) is 0 Å². The van der Waals surface area contributed by atoms with Crippen LogP contribution in [0.2, 0.25) is 5.02 Å². The van der Waals surface area contributed by atoms with Gasteiger partial charge >= 0.3 is 0 Å². The van der Waals surface area contributed by atoms with Crippen LogP contribution in [-0.2, 0) is 0 Å². The zero-order valence-corrected chi connectivity index (χ0v) is 12.3. The van der Waals surface area contributed by atoms with Crippen molar-refractivity contribution < 1.29 is 0 Å². The van der Waals surface area contributed by atoms with Crippen LogP contribution >= 0.6 is 23.2 Å². The van der Waals surface area contributed by atoms with E-state index < -0.39 is 0 Å². The summed E-state index contributed by atoms with van der Waals surface area (Å²) in [5.74, 6) is 0.751. The SMILES string of the molecule is CC1CN(c2cccc(Cl)c2)CCN1CCCCl. The molecular weight excluding hydrogens is 267 g/mol. The molecule has 1 fully saturated rings. The summed E-state index contributed by atoms with van der Waals surface area (Å²) >= 11 is 11.8. The van der Waals surface area contributed by atoms with Gasteiger partial charge in [0.1, 0.15) is 0 Å². The molecule has 4 heteroatoms. The van der Waals surface area contributed by atoms with E-state index in [0.29, 0.717) is 6.04 Å². The Kier molecular flexibility index (Phi) is 5.16. The van der Waals surface area contributed by atoms with Gasteiger partial charge in [0, 0.05) is 42.3 Å². The maximum Gasteiger partial charge on any atom is 0.0426 e. The van der Waals surface area contributed by atoms with Gasteiger partial charge in [-0.25, -0.2) is 0 Å². The maximum absolute atomic E-state index is 6.05. The Labute approximate surface area is 119 Å².